The number of nitrogens with zero attached hydrogens (tertiary/aromatic N) is 1. The Morgan fingerprint density at radius 1 is 1.33 bits per heavy atom. The summed E-state index contributed by atoms with van der Waals surface area (Å²) in [6.45, 7) is 0.428. The number of rotatable bonds is 4. The first-order valence-corrected chi connectivity index (χ1v) is 6.61. The molecule has 0 bridgehead atoms. The number of para-hydroxylation sites is 1. The van der Waals surface area contributed by atoms with Crippen molar-refractivity contribution in [1.29, 1.82) is 0 Å². The smallest absolute Gasteiger partial charge is 0.253 e. The Hall–Kier alpha value is -2.82. The Balaban J connectivity index is 1.74. The van der Waals surface area contributed by atoms with Gasteiger partial charge in [0.2, 0.25) is 5.88 Å². The van der Waals surface area contributed by atoms with Gasteiger partial charge in [0.1, 0.15) is 0 Å². The minimum Gasteiger partial charge on any atom is -0.481 e. The molecule has 0 aliphatic carbocycles. The van der Waals surface area contributed by atoms with Gasteiger partial charge < -0.3 is 15.0 Å². The van der Waals surface area contributed by atoms with Crippen molar-refractivity contribution >= 4 is 16.8 Å². The Morgan fingerprint density at radius 2 is 2.19 bits per heavy atom. The minimum absolute atomic E-state index is 0.108. The zero-order valence-electron chi connectivity index (χ0n) is 11.6. The number of hydrogen-bond acceptors (Lipinski definition) is 3. The number of aromatic amines is 1. The number of aromatic nitrogens is 2. The van der Waals surface area contributed by atoms with E-state index in [9.17, 15) is 4.79 Å². The van der Waals surface area contributed by atoms with E-state index in [2.05, 4.69) is 15.3 Å². The average Bonchev–Trinajstić information content (AvgIpc) is 2.97. The van der Waals surface area contributed by atoms with Crippen LogP contribution in [0.25, 0.3) is 10.9 Å². The Morgan fingerprint density at radius 3 is 3.05 bits per heavy atom. The third-order valence-electron chi connectivity index (χ3n) is 3.30. The largest absolute Gasteiger partial charge is 0.481 e. The summed E-state index contributed by atoms with van der Waals surface area (Å²) in [6, 6.07) is 11.4. The lowest BCUT2D eigenvalue weighted by atomic mass is 10.1. The highest BCUT2D eigenvalue weighted by Gasteiger charge is 2.11. The molecule has 0 radical (unpaired) electrons. The number of benzene rings is 1. The Kier molecular flexibility index (Phi) is 3.55. The van der Waals surface area contributed by atoms with Crippen molar-refractivity contribution in [3.05, 3.63) is 59.9 Å². The summed E-state index contributed by atoms with van der Waals surface area (Å²) in [5.74, 6) is 0.428. The first kappa shape index (κ1) is 13.2. The van der Waals surface area contributed by atoms with Gasteiger partial charge in [0.05, 0.1) is 12.7 Å². The molecule has 5 nitrogen and oxygen atoms in total. The van der Waals surface area contributed by atoms with Gasteiger partial charge in [0.25, 0.3) is 5.91 Å². The lowest BCUT2D eigenvalue weighted by molar-refractivity contribution is 0.0952. The number of nitrogens with one attached hydrogen (secondary N) is 2. The standard InChI is InChI=1S/C16H15N3O2/c1-21-15-8-11(6-7-17-15)9-19-16(20)13-10-18-14-5-3-2-4-12(13)14/h2-8,10,18H,9H2,1H3,(H,19,20). The number of H-pyrrole nitrogens is 1. The van der Waals surface area contributed by atoms with Crippen molar-refractivity contribution < 1.29 is 9.53 Å². The van der Waals surface area contributed by atoms with E-state index in [-0.39, 0.29) is 5.91 Å². The monoisotopic (exact) mass is 281 g/mol. The van der Waals surface area contributed by atoms with E-state index in [0.717, 1.165) is 16.5 Å². The number of ether oxygens (including phenoxy) is 1. The number of pyridine rings is 1. The normalized spacial score (nSPS) is 10.5. The second-order valence-electron chi connectivity index (χ2n) is 4.64. The fraction of sp³-hybridized carbons (Fsp3) is 0.125. The number of carbonyl (C=O) groups is 1. The maximum absolute atomic E-state index is 12.3. The van der Waals surface area contributed by atoms with E-state index in [0.29, 0.717) is 18.0 Å². The highest BCUT2D eigenvalue weighted by atomic mass is 16.5. The number of amides is 1. The summed E-state index contributed by atoms with van der Waals surface area (Å²) in [4.78, 5) is 19.4. The van der Waals surface area contributed by atoms with Gasteiger partial charge in [0.15, 0.2) is 0 Å². The first-order valence-electron chi connectivity index (χ1n) is 6.61. The van der Waals surface area contributed by atoms with E-state index in [1.165, 1.54) is 0 Å². The van der Waals surface area contributed by atoms with Gasteiger partial charge in [0, 0.05) is 35.9 Å². The van der Waals surface area contributed by atoms with Crippen molar-refractivity contribution in [3.8, 4) is 5.88 Å². The summed E-state index contributed by atoms with van der Waals surface area (Å²) < 4.78 is 5.06. The summed E-state index contributed by atoms with van der Waals surface area (Å²) in [6.07, 6.45) is 3.39. The summed E-state index contributed by atoms with van der Waals surface area (Å²) in [7, 11) is 1.57. The maximum Gasteiger partial charge on any atom is 0.253 e. The van der Waals surface area contributed by atoms with Crippen molar-refractivity contribution in [2.45, 2.75) is 6.54 Å². The molecule has 2 aromatic heterocycles. The minimum atomic E-state index is -0.108. The van der Waals surface area contributed by atoms with Gasteiger partial charge in [-0.1, -0.05) is 18.2 Å². The van der Waals surface area contributed by atoms with Crippen LogP contribution in [-0.4, -0.2) is 23.0 Å². The van der Waals surface area contributed by atoms with Crippen LogP contribution in [-0.2, 0) is 6.54 Å². The predicted molar refractivity (Wildman–Crippen MR) is 80.3 cm³/mol. The number of hydrogen-bond donors (Lipinski definition) is 2. The fourth-order valence-corrected chi connectivity index (χ4v) is 2.21. The van der Waals surface area contributed by atoms with Crippen LogP contribution in [0.1, 0.15) is 15.9 Å². The molecule has 0 saturated heterocycles. The van der Waals surface area contributed by atoms with Crippen LogP contribution < -0.4 is 10.1 Å². The fourth-order valence-electron chi connectivity index (χ4n) is 2.21. The zero-order valence-corrected chi connectivity index (χ0v) is 11.6. The molecule has 5 heteroatoms. The number of methoxy groups -OCH3 is 1. The molecule has 0 aliphatic rings. The van der Waals surface area contributed by atoms with Crippen LogP contribution in [0.3, 0.4) is 0 Å². The van der Waals surface area contributed by atoms with Crippen molar-refractivity contribution in [2.75, 3.05) is 7.11 Å². The third kappa shape index (κ3) is 2.72. The summed E-state index contributed by atoms with van der Waals surface area (Å²) in [5.41, 5.74) is 2.54. The number of carbonyl (C=O) groups excluding carboxylic acids is 1. The van der Waals surface area contributed by atoms with Crippen LogP contribution in [0.5, 0.6) is 5.88 Å². The molecule has 21 heavy (non-hydrogen) atoms. The molecule has 3 rings (SSSR count). The second-order valence-corrected chi connectivity index (χ2v) is 4.64. The topological polar surface area (TPSA) is 67.0 Å². The first-order chi connectivity index (χ1) is 10.3. The maximum atomic E-state index is 12.3. The Bertz CT molecular complexity index is 780. The summed E-state index contributed by atoms with van der Waals surface area (Å²) in [5, 5.41) is 3.82. The Labute approximate surface area is 122 Å². The van der Waals surface area contributed by atoms with Crippen molar-refractivity contribution in [1.82, 2.24) is 15.3 Å². The average molecular weight is 281 g/mol. The van der Waals surface area contributed by atoms with Crippen molar-refractivity contribution in [2.24, 2.45) is 0 Å². The molecule has 2 N–H and O–H groups in total. The highest BCUT2D eigenvalue weighted by Crippen LogP contribution is 2.17. The second kappa shape index (κ2) is 5.66. The predicted octanol–water partition coefficient (Wildman–Crippen LogP) is 2.50. The van der Waals surface area contributed by atoms with Crippen molar-refractivity contribution in [3.63, 3.8) is 0 Å². The molecular weight excluding hydrogens is 266 g/mol. The van der Waals surface area contributed by atoms with Crippen LogP contribution in [0.2, 0.25) is 0 Å². The van der Waals surface area contributed by atoms with E-state index in [1.54, 1.807) is 25.6 Å². The van der Waals surface area contributed by atoms with Crippen LogP contribution in [0.4, 0.5) is 0 Å². The van der Waals surface area contributed by atoms with E-state index in [4.69, 9.17) is 4.74 Å². The van der Waals surface area contributed by atoms with Gasteiger partial charge in [-0.05, 0) is 17.7 Å². The zero-order chi connectivity index (χ0) is 14.7. The molecule has 0 atom stereocenters. The highest BCUT2D eigenvalue weighted by molar-refractivity contribution is 6.06. The van der Waals surface area contributed by atoms with Crippen LogP contribution >= 0.6 is 0 Å². The van der Waals surface area contributed by atoms with Gasteiger partial charge in [-0.2, -0.15) is 0 Å². The summed E-state index contributed by atoms with van der Waals surface area (Å²) >= 11 is 0. The van der Waals surface area contributed by atoms with Gasteiger partial charge in [-0.15, -0.1) is 0 Å². The quantitative estimate of drug-likeness (QED) is 0.772. The SMILES string of the molecule is COc1cc(CNC(=O)c2c[nH]c3ccccc23)ccn1. The van der Waals surface area contributed by atoms with Gasteiger partial charge in [-0.3, -0.25) is 4.79 Å². The van der Waals surface area contributed by atoms with Gasteiger partial charge >= 0.3 is 0 Å². The molecule has 0 spiro atoms. The molecule has 1 amide bonds. The number of fused-ring (bicyclic) bond motifs is 1. The molecule has 0 fully saturated rings. The lowest BCUT2D eigenvalue weighted by Crippen LogP contribution is -2.22. The molecule has 1 aromatic carbocycles. The third-order valence-corrected chi connectivity index (χ3v) is 3.30. The molecule has 106 valence electrons. The molecule has 3 aromatic rings. The molecule has 0 saturated carbocycles. The lowest BCUT2D eigenvalue weighted by Gasteiger charge is -2.06. The van der Waals surface area contributed by atoms with E-state index in [1.807, 2.05) is 30.3 Å². The van der Waals surface area contributed by atoms with Gasteiger partial charge in [-0.25, -0.2) is 4.98 Å². The molecule has 0 aliphatic heterocycles. The molecule has 0 unspecified atom stereocenters. The van der Waals surface area contributed by atoms with Crippen LogP contribution in [0, 0.1) is 0 Å². The molecular formula is C16H15N3O2. The van der Waals surface area contributed by atoms with Crippen LogP contribution in [0.15, 0.2) is 48.8 Å². The molecule has 2 heterocycles. The van der Waals surface area contributed by atoms with E-state index < -0.39 is 0 Å². The van der Waals surface area contributed by atoms with E-state index >= 15 is 0 Å².